The molecule has 5 nitrogen and oxygen atoms in total. The van der Waals surface area contributed by atoms with E-state index in [4.69, 9.17) is 5.11 Å². The molecule has 2 rings (SSSR count). The van der Waals surface area contributed by atoms with Crippen LogP contribution in [-0.4, -0.2) is 35.1 Å². The molecule has 0 fully saturated rings. The van der Waals surface area contributed by atoms with Gasteiger partial charge in [0, 0.05) is 19.6 Å². The maximum Gasteiger partial charge on any atom is 0.317 e. The van der Waals surface area contributed by atoms with E-state index < -0.39 is 5.97 Å². The van der Waals surface area contributed by atoms with Crippen LogP contribution in [-0.2, 0) is 11.3 Å². The number of benzene rings is 2. The summed E-state index contributed by atoms with van der Waals surface area (Å²) < 4.78 is 0. The summed E-state index contributed by atoms with van der Waals surface area (Å²) >= 11 is 0. The van der Waals surface area contributed by atoms with Gasteiger partial charge in [-0.2, -0.15) is 0 Å². The predicted molar refractivity (Wildman–Crippen MR) is 85.7 cm³/mol. The van der Waals surface area contributed by atoms with E-state index >= 15 is 0 Å². The normalized spacial score (nSPS) is 10.4. The van der Waals surface area contributed by atoms with E-state index in [1.165, 1.54) is 5.39 Å². The molecule has 0 spiro atoms. The van der Waals surface area contributed by atoms with E-state index in [2.05, 4.69) is 17.4 Å². The summed E-state index contributed by atoms with van der Waals surface area (Å²) in [6.07, 6.45) is -0.0702. The van der Waals surface area contributed by atoms with E-state index in [9.17, 15) is 9.59 Å². The van der Waals surface area contributed by atoms with Crippen molar-refractivity contribution in [1.29, 1.82) is 0 Å². The lowest BCUT2D eigenvalue weighted by molar-refractivity contribution is -0.136. The monoisotopic (exact) mass is 300 g/mol. The number of aliphatic carboxylic acids is 1. The lowest BCUT2D eigenvalue weighted by Gasteiger charge is -2.21. The molecule has 0 aliphatic carbocycles. The molecule has 0 unspecified atom stereocenters. The van der Waals surface area contributed by atoms with E-state index in [-0.39, 0.29) is 19.0 Å². The van der Waals surface area contributed by atoms with Crippen LogP contribution in [0.25, 0.3) is 10.8 Å². The fourth-order valence-electron chi connectivity index (χ4n) is 2.27. The van der Waals surface area contributed by atoms with Gasteiger partial charge >= 0.3 is 12.0 Å². The number of carboxylic acid groups (broad SMARTS) is 1. The van der Waals surface area contributed by atoms with E-state index in [0.29, 0.717) is 13.1 Å². The minimum atomic E-state index is -0.919. The smallest absolute Gasteiger partial charge is 0.317 e. The summed E-state index contributed by atoms with van der Waals surface area (Å²) in [5.41, 5.74) is 1.05. The van der Waals surface area contributed by atoms with Gasteiger partial charge in [0.05, 0.1) is 6.42 Å². The summed E-state index contributed by atoms with van der Waals surface area (Å²) in [7, 11) is 0. The van der Waals surface area contributed by atoms with Gasteiger partial charge in [0.2, 0.25) is 0 Å². The first-order chi connectivity index (χ1) is 10.6. The average Bonchev–Trinajstić information content (AvgIpc) is 2.52. The largest absolute Gasteiger partial charge is 0.481 e. The first kappa shape index (κ1) is 15.8. The quantitative estimate of drug-likeness (QED) is 0.862. The minimum absolute atomic E-state index is 0.0702. The second-order valence-corrected chi connectivity index (χ2v) is 5.07. The molecule has 2 N–H and O–H groups in total. The van der Waals surface area contributed by atoms with Crippen molar-refractivity contribution in [3.63, 3.8) is 0 Å². The van der Waals surface area contributed by atoms with Gasteiger partial charge in [0.1, 0.15) is 0 Å². The third-order valence-electron chi connectivity index (χ3n) is 3.47. The zero-order chi connectivity index (χ0) is 15.9. The minimum Gasteiger partial charge on any atom is -0.481 e. The molecule has 0 heterocycles. The Morgan fingerprint density at radius 3 is 2.55 bits per heavy atom. The predicted octanol–water partition coefficient (Wildman–Crippen LogP) is 2.85. The van der Waals surface area contributed by atoms with Crippen molar-refractivity contribution < 1.29 is 14.7 Å². The lowest BCUT2D eigenvalue weighted by Crippen LogP contribution is -2.40. The van der Waals surface area contributed by atoms with E-state index in [0.717, 1.165) is 10.9 Å². The topological polar surface area (TPSA) is 69.6 Å². The standard InChI is InChI=1S/C17H20N2O3/c1-2-19(17(22)18-10-9-16(20)21)12-13-7-8-14-5-3-4-6-15(14)11-13/h3-8,11H,2,9-10,12H2,1H3,(H,18,22)(H,20,21). The van der Waals surface area contributed by atoms with E-state index in [1.54, 1.807) is 4.90 Å². The molecule has 0 saturated heterocycles. The first-order valence-electron chi connectivity index (χ1n) is 7.32. The molecule has 0 aromatic heterocycles. The lowest BCUT2D eigenvalue weighted by atomic mass is 10.1. The number of carbonyl (C=O) groups excluding carboxylic acids is 1. The van der Waals surface area contributed by atoms with Crippen molar-refractivity contribution in [2.45, 2.75) is 19.9 Å². The molecule has 2 amide bonds. The molecule has 0 atom stereocenters. The molecule has 22 heavy (non-hydrogen) atoms. The van der Waals surface area contributed by atoms with Crippen molar-refractivity contribution in [2.24, 2.45) is 0 Å². The number of hydrogen-bond acceptors (Lipinski definition) is 2. The SMILES string of the molecule is CCN(Cc1ccc2ccccc2c1)C(=O)NCCC(=O)O. The number of carbonyl (C=O) groups is 2. The summed E-state index contributed by atoms with van der Waals surface area (Å²) in [6, 6.07) is 14.0. The van der Waals surface area contributed by atoms with E-state index in [1.807, 2.05) is 37.3 Å². The fraction of sp³-hybridized carbons (Fsp3) is 0.294. The zero-order valence-electron chi connectivity index (χ0n) is 12.6. The molecule has 5 heteroatoms. The van der Waals surface area contributed by atoms with Crippen molar-refractivity contribution >= 4 is 22.8 Å². The van der Waals surface area contributed by atoms with Gasteiger partial charge in [-0.05, 0) is 29.3 Å². The van der Waals surface area contributed by atoms with Gasteiger partial charge in [0.15, 0.2) is 0 Å². The molecule has 0 bridgehead atoms. The molecular weight excluding hydrogens is 280 g/mol. The number of rotatable bonds is 6. The highest BCUT2D eigenvalue weighted by molar-refractivity contribution is 5.83. The number of carboxylic acids is 1. The fourth-order valence-corrected chi connectivity index (χ4v) is 2.27. The van der Waals surface area contributed by atoms with Crippen LogP contribution in [0.5, 0.6) is 0 Å². The summed E-state index contributed by atoms with van der Waals surface area (Å²) in [4.78, 5) is 24.2. The van der Waals surface area contributed by atoms with Crippen LogP contribution in [0.3, 0.4) is 0 Å². The van der Waals surface area contributed by atoms with Gasteiger partial charge in [0.25, 0.3) is 0 Å². The van der Waals surface area contributed by atoms with Crippen LogP contribution in [0.2, 0.25) is 0 Å². The highest BCUT2D eigenvalue weighted by atomic mass is 16.4. The van der Waals surface area contributed by atoms with Gasteiger partial charge < -0.3 is 15.3 Å². The summed E-state index contributed by atoms with van der Waals surface area (Å²) in [6.45, 7) is 3.10. The summed E-state index contributed by atoms with van der Waals surface area (Å²) in [5, 5.41) is 13.5. The zero-order valence-corrected chi connectivity index (χ0v) is 12.6. The number of urea groups is 1. The molecule has 2 aromatic carbocycles. The maximum absolute atomic E-state index is 12.0. The highest BCUT2D eigenvalue weighted by Crippen LogP contribution is 2.16. The molecule has 0 aliphatic rings. The molecule has 2 aromatic rings. The van der Waals surface area contributed by atoms with Crippen molar-refractivity contribution in [3.8, 4) is 0 Å². The third kappa shape index (κ3) is 4.22. The van der Waals surface area contributed by atoms with Crippen LogP contribution < -0.4 is 5.32 Å². The second-order valence-electron chi connectivity index (χ2n) is 5.07. The number of fused-ring (bicyclic) bond motifs is 1. The summed E-state index contributed by atoms with van der Waals surface area (Å²) in [5.74, 6) is -0.919. The second kappa shape index (κ2) is 7.45. The van der Waals surface area contributed by atoms with Gasteiger partial charge in [-0.1, -0.05) is 36.4 Å². The highest BCUT2D eigenvalue weighted by Gasteiger charge is 2.12. The van der Waals surface area contributed by atoms with Crippen molar-refractivity contribution in [3.05, 3.63) is 48.0 Å². The molecular formula is C17H20N2O3. The van der Waals surface area contributed by atoms with Crippen LogP contribution in [0.1, 0.15) is 18.9 Å². The van der Waals surface area contributed by atoms with Crippen LogP contribution in [0.4, 0.5) is 4.79 Å². The van der Waals surface area contributed by atoms with Crippen LogP contribution in [0.15, 0.2) is 42.5 Å². The Balaban J connectivity index is 2.01. The Hall–Kier alpha value is -2.56. The Kier molecular flexibility index (Phi) is 5.36. The molecule has 116 valence electrons. The van der Waals surface area contributed by atoms with Gasteiger partial charge in [-0.3, -0.25) is 4.79 Å². The number of nitrogens with one attached hydrogen (secondary N) is 1. The Bertz CT molecular complexity index is 670. The third-order valence-corrected chi connectivity index (χ3v) is 3.47. The molecule has 0 radical (unpaired) electrons. The Morgan fingerprint density at radius 2 is 1.86 bits per heavy atom. The van der Waals surface area contributed by atoms with Crippen LogP contribution in [0, 0.1) is 0 Å². The van der Waals surface area contributed by atoms with Gasteiger partial charge in [-0.15, -0.1) is 0 Å². The number of hydrogen-bond donors (Lipinski definition) is 2. The van der Waals surface area contributed by atoms with Crippen molar-refractivity contribution in [1.82, 2.24) is 10.2 Å². The number of amides is 2. The number of nitrogens with zero attached hydrogens (tertiary/aromatic N) is 1. The van der Waals surface area contributed by atoms with Crippen LogP contribution >= 0.6 is 0 Å². The first-order valence-corrected chi connectivity index (χ1v) is 7.32. The average molecular weight is 300 g/mol. The molecule has 0 aliphatic heterocycles. The Labute approximate surface area is 129 Å². The van der Waals surface area contributed by atoms with Gasteiger partial charge in [-0.25, -0.2) is 4.79 Å². The molecule has 0 saturated carbocycles. The Morgan fingerprint density at radius 1 is 1.14 bits per heavy atom. The van der Waals surface area contributed by atoms with Crippen molar-refractivity contribution in [2.75, 3.05) is 13.1 Å². The maximum atomic E-state index is 12.0.